The van der Waals surface area contributed by atoms with Gasteiger partial charge in [0.1, 0.15) is 5.75 Å². The molecule has 100 valence electrons. The van der Waals surface area contributed by atoms with Gasteiger partial charge in [-0.2, -0.15) is 0 Å². The Bertz CT molecular complexity index is 416. The molecule has 0 radical (unpaired) electrons. The molecule has 1 aromatic rings. The fraction of sp³-hybridized carbons (Fsp3) is 0.500. The molecular formula is C14H21NO3. The smallest absolute Gasteiger partial charge is 0.260 e. The molecule has 0 spiro atoms. The van der Waals surface area contributed by atoms with Crippen molar-refractivity contribution in [1.82, 2.24) is 5.32 Å². The first-order valence-electron chi connectivity index (χ1n) is 6.18. The summed E-state index contributed by atoms with van der Waals surface area (Å²) in [6, 6.07) is 5.56. The van der Waals surface area contributed by atoms with Gasteiger partial charge in [-0.25, -0.2) is 0 Å². The van der Waals surface area contributed by atoms with Crippen LogP contribution in [0.3, 0.4) is 0 Å². The third-order valence-corrected chi connectivity index (χ3v) is 2.64. The zero-order chi connectivity index (χ0) is 13.7. The molecule has 0 bridgehead atoms. The number of carbonyl (C=O) groups excluding carboxylic acids is 1. The van der Waals surface area contributed by atoms with Gasteiger partial charge in [-0.05, 0) is 39.3 Å². The Morgan fingerprint density at radius 2 is 2.11 bits per heavy atom. The van der Waals surface area contributed by atoms with E-state index in [4.69, 9.17) is 4.74 Å². The lowest BCUT2D eigenvalue weighted by Gasteiger charge is -2.18. The van der Waals surface area contributed by atoms with Crippen LogP contribution in [0.25, 0.3) is 0 Å². The van der Waals surface area contributed by atoms with Crippen LogP contribution in [0.15, 0.2) is 18.2 Å². The lowest BCUT2D eigenvalue weighted by atomic mass is 10.1. The highest BCUT2D eigenvalue weighted by Gasteiger charge is 2.17. The van der Waals surface area contributed by atoms with E-state index in [-0.39, 0.29) is 5.91 Å². The number of rotatable bonds is 5. The minimum absolute atomic E-state index is 0.157. The Hall–Kier alpha value is -1.55. The van der Waals surface area contributed by atoms with Crippen LogP contribution in [0.4, 0.5) is 0 Å². The molecule has 1 aromatic carbocycles. The maximum Gasteiger partial charge on any atom is 0.260 e. The minimum Gasteiger partial charge on any atom is -0.481 e. The molecule has 4 heteroatoms. The Morgan fingerprint density at radius 3 is 2.67 bits per heavy atom. The average Bonchev–Trinajstić information content (AvgIpc) is 2.28. The Kier molecular flexibility index (Phi) is 5.16. The third kappa shape index (κ3) is 3.74. The number of aliphatic hydroxyl groups is 1. The summed E-state index contributed by atoms with van der Waals surface area (Å²) in [5.74, 6) is 0.402. The fourth-order valence-electron chi connectivity index (χ4n) is 1.65. The summed E-state index contributed by atoms with van der Waals surface area (Å²) < 4.78 is 5.63. The summed E-state index contributed by atoms with van der Waals surface area (Å²) in [7, 11) is 0. The largest absolute Gasteiger partial charge is 0.481 e. The number of aryl methyl sites for hydroxylation is 1. The van der Waals surface area contributed by atoms with Gasteiger partial charge in [-0.15, -0.1) is 0 Å². The fourth-order valence-corrected chi connectivity index (χ4v) is 1.65. The van der Waals surface area contributed by atoms with Crippen molar-refractivity contribution in [3.8, 4) is 5.75 Å². The molecule has 0 heterocycles. The second kappa shape index (κ2) is 6.40. The van der Waals surface area contributed by atoms with E-state index in [0.717, 1.165) is 5.56 Å². The van der Waals surface area contributed by atoms with Gasteiger partial charge < -0.3 is 15.2 Å². The molecule has 0 aromatic heterocycles. The molecule has 2 N–H and O–H groups in total. The monoisotopic (exact) mass is 251 g/mol. The van der Waals surface area contributed by atoms with Crippen LogP contribution in [0.2, 0.25) is 0 Å². The number of carbonyl (C=O) groups is 1. The van der Waals surface area contributed by atoms with E-state index in [1.165, 1.54) is 0 Å². The number of hydrogen-bond acceptors (Lipinski definition) is 3. The molecule has 1 unspecified atom stereocenters. The van der Waals surface area contributed by atoms with E-state index in [2.05, 4.69) is 5.32 Å². The summed E-state index contributed by atoms with van der Waals surface area (Å²) in [4.78, 5) is 11.6. The summed E-state index contributed by atoms with van der Waals surface area (Å²) in [5.41, 5.74) is 1.72. The quantitative estimate of drug-likeness (QED) is 0.841. The summed E-state index contributed by atoms with van der Waals surface area (Å²) in [6.45, 7) is 7.74. The van der Waals surface area contributed by atoms with E-state index >= 15 is 0 Å². The summed E-state index contributed by atoms with van der Waals surface area (Å²) in [5, 5.41) is 12.4. The van der Waals surface area contributed by atoms with Crippen molar-refractivity contribution in [1.29, 1.82) is 0 Å². The van der Waals surface area contributed by atoms with Gasteiger partial charge in [0.25, 0.3) is 5.91 Å². The van der Waals surface area contributed by atoms with Crippen molar-refractivity contribution < 1.29 is 14.6 Å². The lowest BCUT2D eigenvalue weighted by Crippen LogP contribution is -2.36. The summed E-state index contributed by atoms with van der Waals surface area (Å²) >= 11 is 0. The van der Waals surface area contributed by atoms with Crippen molar-refractivity contribution in [2.75, 3.05) is 6.54 Å². The predicted octanol–water partition coefficient (Wildman–Crippen LogP) is 1.95. The summed E-state index contributed by atoms with van der Waals surface area (Å²) in [6.07, 6.45) is -1.20. The molecule has 1 rings (SSSR count). The van der Waals surface area contributed by atoms with Gasteiger partial charge in [0, 0.05) is 12.1 Å². The number of amides is 1. The van der Waals surface area contributed by atoms with Crippen molar-refractivity contribution in [2.24, 2.45) is 0 Å². The number of ether oxygens (including phenoxy) is 1. The Balaban J connectivity index is 2.88. The first-order valence-corrected chi connectivity index (χ1v) is 6.18. The molecule has 0 saturated heterocycles. The highest BCUT2D eigenvalue weighted by atomic mass is 16.5. The van der Waals surface area contributed by atoms with Crippen LogP contribution in [-0.4, -0.2) is 23.7 Å². The van der Waals surface area contributed by atoms with E-state index in [1.807, 2.05) is 32.0 Å². The number of aliphatic hydroxyl groups excluding tert-OH is 1. The van der Waals surface area contributed by atoms with E-state index in [0.29, 0.717) is 17.9 Å². The van der Waals surface area contributed by atoms with Crippen molar-refractivity contribution >= 4 is 5.91 Å². The molecule has 4 nitrogen and oxygen atoms in total. The van der Waals surface area contributed by atoms with Gasteiger partial charge >= 0.3 is 0 Å². The van der Waals surface area contributed by atoms with Gasteiger partial charge in [-0.1, -0.05) is 12.1 Å². The molecule has 0 aliphatic heterocycles. The van der Waals surface area contributed by atoms with Crippen molar-refractivity contribution in [2.45, 2.75) is 39.9 Å². The second-order valence-electron chi connectivity index (χ2n) is 4.37. The van der Waals surface area contributed by atoms with E-state index in [9.17, 15) is 9.90 Å². The van der Waals surface area contributed by atoms with Crippen LogP contribution in [0.1, 0.15) is 38.0 Å². The van der Waals surface area contributed by atoms with Crippen LogP contribution < -0.4 is 10.1 Å². The zero-order valence-corrected chi connectivity index (χ0v) is 11.4. The van der Waals surface area contributed by atoms with Gasteiger partial charge in [-0.3, -0.25) is 4.79 Å². The van der Waals surface area contributed by atoms with Gasteiger partial charge in [0.15, 0.2) is 6.10 Å². The number of nitrogens with one attached hydrogen (secondary N) is 1. The first kappa shape index (κ1) is 14.5. The average molecular weight is 251 g/mol. The van der Waals surface area contributed by atoms with Crippen LogP contribution in [0, 0.1) is 6.92 Å². The number of benzene rings is 1. The number of hydrogen-bond donors (Lipinski definition) is 2. The van der Waals surface area contributed by atoms with E-state index in [1.54, 1.807) is 13.8 Å². The third-order valence-electron chi connectivity index (χ3n) is 2.64. The van der Waals surface area contributed by atoms with Gasteiger partial charge in [0.05, 0.1) is 6.10 Å². The minimum atomic E-state index is -0.623. The number of likely N-dealkylation sites (N-methyl/N-ethyl adjacent to an activating group) is 1. The molecule has 0 aliphatic carbocycles. The topological polar surface area (TPSA) is 58.6 Å². The van der Waals surface area contributed by atoms with Crippen molar-refractivity contribution in [3.05, 3.63) is 29.3 Å². The highest BCUT2D eigenvalue weighted by Crippen LogP contribution is 2.27. The predicted molar refractivity (Wildman–Crippen MR) is 70.6 cm³/mol. The lowest BCUT2D eigenvalue weighted by molar-refractivity contribution is -0.127. The molecule has 2 atom stereocenters. The zero-order valence-electron chi connectivity index (χ0n) is 11.4. The molecule has 1 amide bonds. The first-order chi connectivity index (χ1) is 8.45. The highest BCUT2D eigenvalue weighted by molar-refractivity contribution is 5.80. The second-order valence-corrected chi connectivity index (χ2v) is 4.37. The van der Waals surface area contributed by atoms with Gasteiger partial charge in [0.2, 0.25) is 0 Å². The molecule has 0 fully saturated rings. The maximum absolute atomic E-state index is 11.6. The van der Waals surface area contributed by atoms with Crippen LogP contribution in [-0.2, 0) is 4.79 Å². The standard InChI is InChI=1S/C14H21NO3/c1-5-15-14(17)11(4)18-13-8-9(2)6-7-12(13)10(3)16/h6-8,10-11,16H,5H2,1-4H3,(H,15,17)/t10-,11?/m0/s1. The molecule has 0 aliphatic rings. The Morgan fingerprint density at radius 1 is 1.44 bits per heavy atom. The van der Waals surface area contributed by atoms with Crippen LogP contribution in [0.5, 0.6) is 5.75 Å². The normalized spacial score (nSPS) is 13.8. The SMILES string of the molecule is CCNC(=O)C(C)Oc1cc(C)ccc1[C@H](C)O. The van der Waals surface area contributed by atoms with E-state index < -0.39 is 12.2 Å². The molecular weight excluding hydrogens is 230 g/mol. The van der Waals surface area contributed by atoms with Crippen LogP contribution >= 0.6 is 0 Å². The molecule has 18 heavy (non-hydrogen) atoms. The Labute approximate surface area is 108 Å². The maximum atomic E-state index is 11.6. The molecule has 0 saturated carbocycles. The van der Waals surface area contributed by atoms with Crippen molar-refractivity contribution in [3.63, 3.8) is 0 Å².